The summed E-state index contributed by atoms with van der Waals surface area (Å²) >= 11 is 0. The van der Waals surface area contributed by atoms with Crippen molar-refractivity contribution in [3.63, 3.8) is 0 Å². The summed E-state index contributed by atoms with van der Waals surface area (Å²) in [7, 11) is 0. The molecule has 6 heteroatoms. The highest BCUT2D eigenvalue weighted by Crippen LogP contribution is 2.21. The Kier molecular flexibility index (Phi) is 3.91. The first-order chi connectivity index (χ1) is 9.11. The number of imide groups is 1. The molecule has 0 aliphatic carbocycles. The van der Waals surface area contributed by atoms with Crippen LogP contribution in [-0.4, -0.2) is 47.4 Å². The van der Waals surface area contributed by atoms with E-state index in [1.54, 1.807) is 24.3 Å². The van der Waals surface area contributed by atoms with E-state index in [-0.39, 0.29) is 24.8 Å². The van der Waals surface area contributed by atoms with Crippen molar-refractivity contribution in [3.8, 4) is 0 Å². The molecule has 1 aromatic carbocycles. The summed E-state index contributed by atoms with van der Waals surface area (Å²) < 4.78 is 0. The Morgan fingerprint density at radius 1 is 1.11 bits per heavy atom. The minimum Gasteiger partial charge on any atom is -0.481 e. The third-order valence-corrected chi connectivity index (χ3v) is 2.91. The van der Waals surface area contributed by atoms with Gasteiger partial charge in [0.15, 0.2) is 0 Å². The summed E-state index contributed by atoms with van der Waals surface area (Å²) in [4.78, 5) is 35.4. The number of rotatable bonds is 6. The van der Waals surface area contributed by atoms with Gasteiger partial charge >= 0.3 is 5.97 Å². The quantitative estimate of drug-likeness (QED) is 0.570. The number of benzene rings is 1. The molecule has 0 saturated heterocycles. The van der Waals surface area contributed by atoms with Crippen LogP contribution < -0.4 is 5.32 Å². The number of nitrogens with zero attached hydrogens (tertiary/aromatic N) is 1. The molecule has 2 N–H and O–H groups in total. The number of aliphatic carboxylic acids is 1. The van der Waals surface area contributed by atoms with Crippen LogP contribution in [0.15, 0.2) is 24.3 Å². The van der Waals surface area contributed by atoms with Gasteiger partial charge in [-0.25, -0.2) is 0 Å². The summed E-state index contributed by atoms with van der Waals surface area (Å²) in [6.45, 7) is 0.948. The topological polar surface area (TPSA) is 86.7 Å². The largest absolute Gasteiger partial charge is 0.481 e. The minimum atomic E-state index is -0.881. The van der Waals surface area contributed by atoms with Gasteiger partial charge < -0.3 is 10.4 Å². The van der Waals surface area contributed by atoms with Gasteiger partial charge in [-0.15, -0.1) is 0 Å². The number of nitrogens with one attached hydrogen (secondary N) is 1. The molecule has 1 heterocycles. The Balaban J connectivity index is 1.88. The van der Waals surface area contributed by atoms with Crippen molar-refractivity contribution >= 4 is 17.8 Å². The van der Waals surface area contributed by atoms with Crippen LogP contribution in [0.1, 0.15) is 27.1 Å². The minimum absolute atomic E-state index is 0.0160. The highest BCUT2D eigenvalue weighted by Gasteiger charge is 2.34. The molecule has 1 aromatic rings. The van der Waals surface area contributed by atoms with Crippen molar-refractivity contribution in [2.45, 2.75) is 6.42 Å². The number of hydrogen-bond donors (Lipinski definition) is 2. The molecule has 0 bridgehead atoms. The average molecular weight is 262 g/mol. The zero-order valence-electron chi connectivity index (χ0n) is 10.3. The Hall–Kier alpha value is -2.21. The highest BCUT2D eigenvalue weighted by molar-refractivity contribution is 6.21. The number of carbonyl (C=O) groups is 3. The van der Waals surface area contributed by atoms with Crippen LogP contribution >= 0.6 is 0 Å². The fourth-order valence-corrected chi connectivity index (χ4v) is 1.95. The van der Waals surface area contributed by atoms with Crippen molar-refractivity contribution in [2.24, 2.45) is 0 Å². The summed E-state index contributed by atoms with van der Waals surface area (Å²) in [5, 5.41) is 11.4. The number of amides is 2. The van der Waals surface area contributed by atoms with E-state index in [1.165, 1.54) is 4.90 Å². The standard InChI is InChI=1S/C13H14N2O4/c16-11(17)5-6-14-7-8-15-12(18)9-3-1-2-4-10(9)13(15)19/h1-4,14H,5-8H2,(H,16,17). The van der Waals surface area contributed by atoms with E-state index in [0.717, 1.165) is 0 Å². The van der Waals surface area contributed by atoms with Gasteiger partial charge in [0.05, 0.1) is 17.5 Å². The van der Waals surface area contributed by atoms with Crippen molar-refractivity contribution in [2.75, 3.05) is 19.6 Å². The summed E-state index contributed by atoms with van der Waals surface area (Å²) in [6.07, 6.45) is 0.0160. The van der Waals surface area contributed by atoms with E-state index >= 15 is 0 Å². The Labute approximate surface area is 110 Å². The zero-order valence-corrected chi connectivity index (χ0v) is 10.3. The molecule has 0 saturated carbocycles. The van der Waals surface area contributed by atoms with Crippen LogP contribution in [0.3, 0.4) is 0 Å². The van der Waals surface area contributed by atoms with Crippen molar-refractivity contribution in [3.05, 3.63) is 35.4 Å². The first-order valence-electron chi connectivity index (χ1n) is 5.99. The van der Waals surface area contributed by atoms with E-state index in [2.05, 4.69) is 5.32 Å². The lowest BCUT2D eigenvalue weighted by molar-refractivity contribution is -0.136. The van der Waals surface area contributed by atoms with Crippen molar-refractivity contribution in [1.29, 1.82) is 0 Å². The molecule has 0 spiro atoms. The number of carboxylic acids is 1. The summed E-state index contributed by atoms with van der Waals surface area (Å²) in [6, 6.07) is 6.71. The molecule has 2 amide bonds. The zero-order chi connectivity index (χ0) is 13.8. The number of carboxylic acid groups (broad SMARTS) is 1. The second-order valence-electron chi connectivity index (χ2n) is 4.20. The Bertz CT molecular complexity index is 492. The number of fused-ring (bicyclic) bond motifs is 1. The molecular formula is C13H14N2O4. The molecule has 6 nitrogen and oxygen atoms in total. The van der Waals surface area contributed by atoms with Gasteiger partial charge in [0.1, 0.15) is 0 Å². The SMILES string of the molecule is O=C(O)CCNCCN1C(=O)c2ccccc2C1=O. The van der Waals surface area contributed by atoms with Gasteiger partial charge in [0.2, 0.25) is 0 Å². The molecule has 0 fully saturated rings. The lowest BCUT2D eigenvalue weighted by Gasteiger charge is -2.13. The number of carbonyl (C=O) groups excluding carboxylic acids is 2. The van der Waals surface area contributed by atoms with Gasteiger partial charge in [0, 0.05) is 19.6 Å². The second-order valence-corrected chi connectivity index (χ2v) is 4.20. The third-order valence-electron chi connectivity index (χ3n) is 2.91. The molecule has 0 aromatic heterocycles. The molecule has 1 aliphatic rings. The molecule has 1 aliphatic heterocycles. The fraction of sp³-hybridized carbons (Fsp3) is 0.308. The number of hydrogen-bond acceptors (Lipinski definition) is 4. The molecule has 0 atom stereocenters. The molecule has 100 valence electrons. The fourth-order valence-electron chi connectivity index (χ4n) is 1.95. The maximum Gasteiger partial charge on any atom is 0.304 e. The summed E-state index contributed by atoms with van der Waals surface area (Å²) in [5.41, 5.74) is 0.857. The predicted molar refractivity (Wildman–Crippen MR) is 66.9 cm³/mol. The maximum atomic E-state index is 12.0. The van der Waals surface area contributed by atoms with Gasteiger partial charge in [-0.3, -0.25) is 19.3 Å². The molecule has 0 radical (unpaired) electrons. The molecule has 2 rings (SSSR count). The average Bonchev–Trinajstić information content (AvgIpc) is 2.63. The van der Waals surface area contributed by atoms with Gasteiger partial charge in [-0.2, -0.15) is 0 Å². The van der Waals surface area contributed by atoms with E-state index < -0.39 is 5.97 Å². The van der Waals surface area contributed by atoms with Crippen molar-refractivity contribution in [1.82, 2.24) is 10.2 Å². The smallest absolute Gasteiger partial charge is 0.304 e. The lowest BCUT2D eigenvalue weighted by Crippen LogP contribution is -2.36. The van der Waals surface area contributed by atoms with Crippen LogP contribution in [0.25, 0.3) is 0 Å². The molecule has 19 heavy (non-hydrogen) atoms. The van der Waals surface area contributed by atoms with Crippen LogP contribution in [0, 0.1) is 0 Å². The van der Waals surface area contributed by atoms with E-state index in [4.69, 9.17) is 5.11 Å². The molecular weight excluding hydrogens is 248 g/mol. The van der Waals surface area contributed by atoms with Crippen LogP contribution in [0.2, 0.25) is 0 Å². The predicted octanol–water partition coefficient (Wildman–Crippen LogP) is 0.347. The van der Waals surface area contributed by atoms with Crippen LogP contribution in [0.4, 0.5) is 0 Å². The summed E-state index contributed by atoms with van der Waals surface area (Å²) in [5.74, 6) is -1.46. The van der Waals surface area contributed by atoms with Crippen LogP contribution in [0.5, 0.6) is 0 Å². The monoisotopic (exact) mass is 262 g/mol. The van der Waals surface area contributed by atoms with E-state index in [1.807, 2.05) is 0 Å². The maximum absolute atomic E-state index is 12.0. The highest BCUT2D eigenvalue weighted by atomic mass is 16.4. The normalized spacial score (nSPS) is 13.8. The lowest BCUT2D eigenvalue weighted by atomic mass is 10.1. The Morgan fingerprint density at radius 3 is 2.21 bits per heavy atom. The van der Waals surface area contributed by atoms with Gasteiger partial charge in [-0.05, 0) is 12.1 Å². The first-order valence-corrected chi connectivity index (χ1v) is 5.99. The van der Waals surface area contributed by atoms with E-state index in [0.29, 0.717) is 24.2 Å². The van der Waals surface area contributed by atoms with Gasteiger partial charge in [0.25, 0.3) is 11.8 Å². The second kappa shape index (κ2) is 5.62. The van der Waals surface area contributed by atoms with E-state index in [9.17, 15) is 14.4 Å². The first kappa shape index (κ1) is 13.2. The third kappa shape index (κ3) is 2.79. The van der Waals surface area contributed by atoms with Gasteiger partial charge in [-0.1, -0.05) is 12.1 Å². The van der Waals surface area contributed by atoms with Crippen molar-refractivity contribution < 1.29 is 19.5 Å². The Morgan fingerprint density at radius 2 is 1.68 bits per heavy atom. The molecule has 0 unspecified atom stereocenters. The van der Waals surface area contributed by atoms with Crippen LogP contribution in [-0.2, 0) is 4.79 Å².